The lowest BCUT2D eigenvalue weighted by Crippen LogP contribution is -2.29. The summed E-state index contributed by atoms with van der Waals surface area (Å²) in [5, 5.41) is 18.3. The SMILES string of the molecule is O=C1c2ccc([N+](=O)[O-])cc2C(=O)N1c1ccc2cn[nH]c2c1. The van der Waals surface area contributed by atoms with Crippen molar-refractivity contribution in [2.24, 2.45) is 0 Å². The summed E-state index contributed by atoms with van der Waals surface area (Å²) in [4.78, 5) is 36.2. The Bertz CT molecular complexity index is 1010. The number of imide groups is 1. The fourth-order valence-corrected chi connectivity index (χ4v) is 2.64. The number of carbonyl (C=O) groups is 2. The number of aromatic amines is 1. The van der Waals surface area contributed by atoms with Crippen LogP contribution >= 0.6 is 0 Å². The molecule has 1 aromatic heterocycles. The molecule has 23 heavy (non-hydrogen) atoms. The van der Waals surface area contributed by atoms with Crippen LogP contribution in [0.1, 0.15) is 20.7 Å². The lowest BCUT2D eigenvalue weighted by Gasteiger charge is -2.13. The second-order valence-corrected chi connectivity index (χ2v) is 5.07. The summed E-state index contributed by atoms with van der Waals surface area (Å²) in [5.74, 6) is -1.08. The van der Waals surface area contributed by atoms with Gasteiger partial charge in [0.2, 0.25) is 0 Å². The highest BCUT2D eigenvalue weighted by atomic mass is 16.6. The van der Waals surface area contributed by atoms with Gasteiger partial charge in [0.15, 0.2) is 0 Å². The highest BCUT2D eigenvalue weighted by molar-refractivity contribution is 6.34. The van der Waals surface area contributed by atoms with Crippen molar-refractivity contribution >= 4 is 34.1 Å². The van der Waals surface area contributed by atoms with Crippen molar-refractivity contribution in [3.63, 3.8) is 0 Å². The highest BCUT2D eigenvalue weighted by Gasteiger charge is 2.37. The Balaban J connectivity index is 1.83. The van der Waals surface area contributed by atoms with Crippen LogP contribution < -0.4 is 4.90 Å². The summed E-state index contributed by atoms with van der Waals surface area (Å²) >= 11 is 0. The number of aromatic nitrogens is 2. The summed E-state index contributed by atoms with van der Waals surface area (Å²) < 4.78 is 0. The van der Waals surface area contributed by atoms with Gasteiger partial charge in [-0.05, 0) is 24.3 Å². The number of non-ortho nitro benzene ring substituents is 1. The van der Waals surface area contributed by atoms with E-state index < -0.39 is 16.7 Å². The number of rotatable bonds is 2. The molecule has 3 aromatic rings. The van der Waals surface area contributed by atoms with E-state index in [0.29, 0.717) is 11.2 Å². The average molecular weight is 308 g/mol. The second-order valence-electron chi connectivity index (χ2n) is 5.07. The van der Waals surface area contributed by atoms with Gasteiger partial charge < -0.3 is 0 Å². The van der Waals surface area contributed by atoms with Crippen LogP contribution in [-0.4, -0.2) is 26.9 Å². The van der Waals surface area contributed by atoms with Crippen LogP contribution in [0, 0.1) is 10.1 Å². The van der Waals surface area contributed by atoms with E-state index >= 15 is 0 Å². The van der Waals surface area contributed by atoms with Crippen molar-refractivity contribution < 1.29 is 14.5 Å². The summed E-state index contributed by atoms with van der Waals surface area (Å²) in [5.41, 5.74) is 1.04. The lowest BCUT2D eigenvalue weighted by molar-refractivity contribution is -0.384. The molecule has 1 N–H and O–H groups in total. The molecule has 0 bridgehead atoms. The van der Waals surface area contributed by atoms with Gasteiger partial charge in [-0.15, -0.1) is 0 Å². The molecule has 1 aliphatic heterocycles. The molecule has 8 nitrogen and oxygen atoms in total. The number of amides is 2. The Morgan fingerprint density at radius 2 is 1.83 bits per heavy atom. The summed E-state index contributed by atoms with van der Waals surface area (Å²) in [7, 11) is 0. The minimum atomic E-state index is -0.600. The van der Waals surface area contributed by atoms with Gasteiger partial charge >= 0.3 is 0 Å². The highest BCUT2D eigenvalue weighted by Crippen LogP contribution is 2.31. The molecule has 1 aliphatic rings. The smallest absolute Gasteiger partial charge is 0.270 e. The lowest BCUT2D eigenvalue weighted by atomic mass is 10.1. The fourth-order valence-electron chi connectivity index (χ4n) is 2.64. The third-order valence-electron chi connectivity index (χ3n) is 3.76. The Morgan fingerprint density at radius 3 is 2.61 bits per heavy atom. The van der Waals surface area contributed by atoms with Crippen molar-refractivity contribution in [3.05, 3.63) is 63.8 Å². The van der Waals surface area contributed by atoms with Crippen LogP contribution in [0.3, 0.4) is 0 Å². The monoisotopic (exact) mass is 308 g/mol. The molecule has 0 saturated heterocycles. The minimum Gasteiger partial charge on any atom is -0.278 e. The van der Waals surface area contributed by atoms with Crippen molar-refractivity contribution in [2.45, 2.75) is 0 Å². The number of nitro benzene ring substituents is 1. The van der Waals surface area contributed by atoms with Gasteiger partial charge in [-0.3, -0.25) is 24.8 Å². The predicted octanol–water partition coefficient (Wildman–Crippen LogP) is 2.27. The van der Waals surface area contributed by atoms with Gasteiger partial charge in [0, 0.05) is 17.5 Å². The molecule has 2 heterocycles. The normalized spacial score (nSPS) is 13.7. The van der Waals surface area contributed by atoms with Gasteiger partial charge in [0.25, 0.3) is 17.5 Å². The van der Waals surface area contributed by atoms with Crippen LogP contribution in [0.4, 0.5) is 11.4 Å². The van der Waals surface area contributed by atoms with Crippen molar-refractivity contribution in [1.82, 2.24) is 10.2 Å². The van der Waals surface area contributed by atoms with Crippen molar-refractivity contribution in [3.8, 4) is 0 Å². The Morgan fingerprint density at radius 1 is 1.04 bits per heavy atom. The maximum Gasteiger partial charge on any atom is 0.270 e. The topological polar surface area (TPSA) is 109 Å². The van der Waals surface area contributed by atoms with Gasteiger partial charge in [-0.1, -0.05) is 0 Å². The Labute approximate surface area is 128 Å². The molecular formula is C15H8N4O4. The van der Waals surface area contributed by atoms with E-state index in [1.165, 1.54) is 12.1 Å². The minimum absolute atomic E-state index is 0.0360. The first-order valence-electron chi connectivity index (χ1n) is 6.66. The zero-order chi connectivity index (χ0) is 16.1. The van der Waals surface area contributed by atoms with Crippen molar-refractivity contribution in [2.75, 3.05) is 4.90 Å². The number of nitrogens with zero attached hydrogens (tertiary/aromatic N) is 3. The third kappa shape index (κ3) is 1.81. The summed E-state index contributed by atoms with van der Waals surface area (Å²) in [6.07, 6.45) is 1.63. The number of carbonyl (C=O) groups excluding carboxylic acids is 2. The van der Waals surface area contributed by atoms with Gasteiger partial charge in [-0.25, -0.2) is 4.90 Å². The van der Waals surface area contributed by atoms with E-state index in [1.807, 2.05) is 0 Å². The van der Waals surface area contributed by atoms with E-state index in [-0.39, 0.29) is 16.8 Å². The number of nitro groups is 1. The Hall–Kier alpha value is -3.55. The largest absolute Gasteiger partial charge is 0.278 e. The van der Waals surface area contributed by atoms with Crippen LogP contribution in [0.15, 0.2) is 42.6 Å². The van der Waals surface area contributed by atoms with Crippen LogP contribution in [0.5, 0.6) is 0 Å². The third-order valence-corrected chi connectivity index (χ3v) is 3.76. The van der Waals surface area contributed by atoms with E-state index in [2.05, 4.69) is 10.2 Å². The molecule has 8 heteroatoms. The molecule has 2 amide bonds. The zero-order valence-corrected chi connectivity index (χ0v) is 11.5. The molecule has 0 saturated carbocycles. The second kappa shape index (κ2) is 4.47. The molecule has 0 atom stereocenters. The quantitative estimate of drug-likeness (QED) is 0.443. The van der Waals surface area contributed by atoms with E-state index in [9.17, 15) is 19.7 Å². The van der Waals surface area contributed by atoms with Gasteiger partial charge in [0.05, 0.1) is 33.5 Å². The average Bonchev–Trinajstić information content (AvgIpc) is 3.10. The molecular weight excluding hydrogens is 300 g/mol. The number of hydrogen-bond acceptors (Lipinski definition) is 5. The number of H-pyrrole nitrogens is 1. The molecule has 2 aromatic carbocycles. The summed E-state index contributed by atoms with van der Waals surface area (Å²) in [6, 6.07) is 8.66. The first-order chi connectivity index (χ1) is 11.1. The number of nitrogens with one attached hydrogen (secondary N) is 1. The molecule has 4 rings (SSSR count). The molecule has 0 aliphatic carbocycles. The van der Waals surface area contributed by atoms with E-state index in [0.717, 1.165) is 16.4 Å². The Kier molecular flexibility index (Phi) is 2.55. The molecule has 0 fully saturated rings. The first-order valence-corrected chi connectivity index (χ1v) is 6.66. The number of fused-ring (bicyclic) bond motifs is 2. The molecule has 112 valence electrons. The fraction of sp³-hybridized carbons (Fsp3) is 0. The van der Waals surface area contributed by atoms with Crippen LogP contribution in [0.25, 0.3) is 10.9 Å². The number of hydrogen-bond donors (Lipinski definition) is 1. The zero-order valence-electron chi connectivity index (χ0n) is 11.5. The number of benzene rings is 2. The van der Waals surface area contributed by atoms with E-state index in [1.54, 1.807) is 24.4 Å². The maximum atomic E-state index is 12.5. The van der Waals surface area contributed by atoms with Crippen molar-refractivity contribution in [1.29, 1.82) is 0 Å². The van der Waals surface area contributed by atoms with Crippen LogP contribution in [0.2, 0.25) is 0 Å². The standard InChI is InChI=1S/C15H8N4O4/c20-14-11-4-3-10(19(22)23)5-12(11)15(21)18(14)9-2-1-8-7-16-17-13(8)6-9/h1-7H,(H,16,17). The number of anilines is 1. The van der Waals surface area contributed by atoms with Gasteiger partial charge in [-0.2, -0.15) is 5.10 Å². The van der Waals surface area contributed by atoms with Gasteiger partial charge in [0.1, 0.15) is 0 Å². The molecule has 0 spiro atoms. The van der Waals surface area contributed by atoms with E-state index in [4.69, 9.17) is 0 Å². The molecule has 0 unspecified atom stereocenters. The molecule has 0 radical (unpaired) electrons. The first kappa shape index (κ1) is 13.1. The van der Waals surface area contributed by atoms with Crippen LogP contribution in [-0.2, 0) is 0 Å². The predicted molar refractivity (Wildman–Crippen MR) is 80.3 cm³/mol. The summed E-state index contributed by atoms with van der Waals surface area (Å²) in [6.45, 7) is 0. The maximum absolute atomic E-state index is 12.5.